The number of amidine groups is 1. The summed E-state index contributed by atoms with van der Waals surface area (Å²) < 4.78 is 1.79. The number of hydrogen-bond donors (Lipinski definition) is 2. The van der Waals surface area contributed by atoms with Gasteiger partial charge >= 0.3 is 0 Å². The zero-order valence-electron chi connectivity index (χ0n) is 12.7. The van der Waals surface area contributed by atoms with Crippen LogP contribution < -0.4 is 10.6 Å². The highest BCUT2D eigenvalue weighted by Gasteiger charge is 2.26. The topological polar surface area (TPSA) is 82.9 Å². The van der Waals surface area contributed by atoms with Crippen LogP contribution in [0.1, 0.15) is 24.1 Å². The molecular weight excluding hydrogens is 256 g/mol. The third-order valence-corrected chi connectivity index (χ3v) is 4.07. The van der Waals surface area contributed by atoms with Crippen molar-refractivity contribution in [1.29, 1.82) is 0 Å². The number of likely N-dealkylation sites (tertiary alicyclic amines) is 1. The first kappa shape index (κ1) is 14.6. The maximum atomic E-state index is 8.95. The van der Waals surface area contributed by atoms with E-state index in [9.17, 15) is 0 Å². The first-order valence-corrected chi connectivity index (χ1v) is 6.88. The second-order valence-electron chi connectivity index (χ2n) is 5.55. The number of aromatic nitrogens is 2. The molecule has 1 saturated heterocycles. The zero-order chi connectivity index (χ0) is 14.9. The van der Waals surface area contributed by atoms with Crippen LogP contribution in [0.5, 0.6) is 0 Å². The molecule has 1 aliphatic rings. The number of anilines is 1. The van der Waals surface area contributed by atoms with Crippen molar-refractivity contribution >= 4 is 11.7 Å². The Hall–Kier alpha value is -1.76. The van der Waals surface area contributed by atoms with Crippen molar-refractivity contribution in [3.63, 3.8) is 0 Å². The molecule has 2 rings (SSSR count). The number of hydrogen-bond acceptors (Lipinski definition) is 5. The summed E-state index contributed by atoms with van der Waals surface area (Å²) in [5.41, 5.74) is 7.27. The highest BCUT2D eigenvalue weighted by atomic mass is 16.4. The van der Waals surface area contributed by atoms with Gasteiger partial charge in [0.05, 0.1) is 11.3 Å². The van der Waals surface area contributed by atoms with Gasteiger partial charge in [0.2, 0.25) is 0 Å². The Labute approximate surface area is 119 Å². The van der Waals surface area contributed by atoms with Crippen LogP contribution in [0.25, 0.3) is 0 Å². The second kappa shape index (κ2) is 5.70. The van der Waals surface area contributed by atoms with Crippen LogP contribution in [0.2, 0.25) is 0 Å². The smallest absolute Gasteiger partial charge is 0.175 e. The molecule has 0 aromatic carbocycles. The average molecular weight is 280 g/mol. The lowest BCUT2D eigenvalue weighted by atomic mass is 10.2. The minimum atomic E-state index is 0.109. The fourth-order valence-electron chi connectivity index (χ4n) is 3.05. The summed E-state index contributed by atoms with van der Waals surface area (Å²) in [6, 6.07) is 0.537. The van der Waals surface area contributed by atoms with Crippen molar-refractivity contribution in [2.45, 2.75) is 25.8 Å². The third kappa shape index (κ3) is 2.58. The monoisotopic (exact) mass is 280 g/mol. The van der Waals surface area contributed by atoms with Gasteiger partial charge in [-0.3, -0.25) is 4.68 Å². The van der Waals surface area contributed by atoms with Crippen LogP contribution >= 0.6 is 0 Å². The quantitative estimate of drug-likeness (QED) is 0.360. The largest absolute Gasteiger partial charge is 0.409 e. The second-order valence-corrected chi connectivity index (χ2v) is 5.55. The van der Waals surface area contributed by atoms with Gasteiger partial charge < -0.3 is 20.7 Å². The van der Waals surface area contributed by atoms with Crippen molar-refractivity contribution in [3.8, 4) is 0 Å². The molecule has 2 heterocycles. The number of likely N-dealkylation sites (N-methyl/N-ethyl adjacent to an activating group) is 2. The van der Waals surface area contributed by atoms with E-state index in [1.807, 2.05) is 21.0 Å². The maximum Gasteiger partial charge on any atom is 0.175 e. The number of oxime groups is 1. The molecule has 7 heteroatoms. The van der Waals surface area contributed by atoms with E-state index in [2.05, 4.69) is 27.1 Å². The summed E-state index contributed by atoms with van der Waals surface area (Å²) in [6.07, 6.45) is 2.45. The molecule has 1 unspecified atom stereocenters. The molecular formula is C13H24N6O. The molecule has 3 N–H and O–H groups in total. The molecule has 112 valence electrons. The van der Waals surface area contributed by atoms with Crippen LogP contribution in [0.4, 0.5) is 5.82 Å². The Balaban J connectivity index is 2.27. The van der Waals surface area contributed by atoms with Gasteiger partial charge in [0.15, 0.2) is 5.84 Å². The summed E-state index contributed by atoms with van der Waals surface area (Å²) in [5.74, 6) is 0.996. The van der Waals surface area contributed by atoms with E-state index >= 15 is 0 Å². The number of rotatable bonds is 4. The van der Waals surface area contributed by atoms with Crippen LogP contribution in [-0.4, -0.2) is 58.9 Å². The zero-order valence-corrected chi connectivity index (χ0v) is 12.7. The van der Waals surface area contributed by atoms with Crippen molar-refractivity contribution in [1.82, 2.24) is 14.7 Å². The molecule has 1 fully saturated rings. The molecule has 20 heavy (non-hydrogen) atoms. The van der Waals surface area contributed by atoms with E-state index in [1.165, 1.54) is 12.8 Å². The van der Waals surface area contributed by atoms with E-state index in [4.69, 9.17) is 10.9 Å². The molecule has 0 saturated carbocycles. The van der Waals surface area contributed by atoms with Gasteiger partial charge in [-0.1, -0.05) is 5.16 Å². The molecule has 1 aromatic rings. The van der Waals surface area contributed by atoms with E-state index in [0.717, 1.165) is 24.6 Å². The lowest BCUT2D eigenvalue weighted by Gasteiger charge is -2.27. The van der Waals surface area contributed by atoms with Gasteiger partial charge in [-0.25, -0.2) is 0 Å². The Kier molecular flexibility index (Phi) is 4.17. The molecule has 1 atom stereocenters. The van der Waals surface area contributed by atoms with Crippen LogP contribution in [0.15, 0.2) is 5.16 Å². The summed E-state index contributed by atoms with van der Waals surface area (Å²) in [6.45, 7) is 3.92. The van der Waals surface area contributed by atoms with Gasteiger partial charge in [-0.15, -0.1) is 0 Å². The van der Waals surface area contributed by atoms with Gasteiger partial charge in [-0.05, 0) is 33.4 Å². The fraction of sp³-hybridized carbons (Fsp3) is 0.692. The molecule has 1 aromatic heterocycles. The molecule has 0 aliphatic carbocycles. The van der Waals surface area contributed by atoms with Gasteiger partial charge in [0.1, 0.15) is 5.82 Å². The first-order valence-electron chi connectivity index (χ1n) is 6.88. The summed E-state index contributed by atoms with van der Waals surface area (Å²) in [5, 5.41) is 16.5. The van der Waals surface area contributed by atoms with E-state index in [0.29, 0.717) is 11.6 Å². The third-order valence-electron chi connectivity index (χ3n) is 4.07. The van der Waals surface area contributed by atoms with Crippen LogP contribution in [0, 0.1) is 6.92 Å². The minimum absolute atomic E-state index is 0.109. The van der Waals surface area contributed by atoms with Crippen LogP contribution in [-0.2, 0) is 7.05 Å². The SMILES string of the molecule is Cc1nn(C)c(N(C)CC2CCCN2C)c1C(N)=NO. The number of nitrogens with two attached hydrogens (primary N) is 1. The van der Waals surface area contributed by atoms with E-state index in [-0.39, 0.29) is 5.84 Å². The normalized spacial score (nSPS) is 20.6. The first-order chi connectivity index (χ1) is 9.45. The molecule has 0 spiro atoms. The highest BCUT2D eigenvalue weighted by Crippen LogP contribution is 2.24. The van der Waals surface area contributed by atoms with Crippen molar-refractivity contribution in [2.24, 2.45) is 17.9 Å². The molecule has 0 bridgehead atoms. The summed E-state index contributed by atoms with van der Waals surface area (Å²) in [4.78, 5) is 4.52. The van der Waals surface area contributed by atoms with Crippen molar-refractivity contribution in [3.05, 3.63) is 11.3 Å². The van der Waals surface area contributed by atoms with E-state index in [1.54, 1.807) is 4.68 Å². The molecule has 7 nitrogen and oxygen atoms in total. The molecule has 1 aliphatic heterocycles. The summed E-state index contributed by atoms with van der Waals surface area (Å²) >= 11 is 0. The summed E-state index contributed by atoms with van der Waals surface area (Å²) in [7, 11) is 6.06. The Morgan fingerprint density at radius 3 is 2.80 bits per heavy atom. The number of aryl methyl sites for hydroxylation is 2. The molecule has 0 radical (unpaired) electrons. The van der Waals surface area contributed by atoms with Crippen molar-refractivity contribution in [2.75, 3.05) is 32.1 Å². The van der Waals surface area contributed by atoms with Gasteiger partial charge in [-0.2, -0.15) is 5.10 Å². The van der Waals surface area contributed by atoms with Gasteiger partial charge in [0, 0.05) is 26.7 Å². The lowest BCUT2D eigenvalue weighted by Crippen LogP contribution is -2.38. The number of nitrogens with zero attached hydrogens (tertiary/aromatic N) is 5. The average Bonchev–Trinajstić information content (AvgIpc) is 2.92. The van der Waals surface area contributed by atoms with Crippen molar-refractivity contribution < 1.29 is 5.21 Å². The standard InChI is InChI=1S/C13H24N6O/c1-9-11(12(14)16-20)13(19(4)15-9)18(3)8-10-6-5-7-17(10)2/h10,20H,5-8H2,1-4H3,(H2,14,16). The maximum absolute atomic E-state index is 8.95. The van der Waals surface area contributed by atoms with E-state index < -0.39 is 0 Å². The lowest BCUT2D eigenvalue weighted by molar-refractivity contribution is 0.313. The predicted molar refractivity (Wildman–Crippen MR) is 79.4 cm³/mol. The highest BCUT2D eigenvalue weighted by molar-refractivity contribution is 6.02. The van der Waals surface area contributed by atoms with Gasteiger partial charge in [0.25, 0.3) is 0 Å². The molecule has 0 amide bonds. The van der Waals surface area contributed by atoms with Crippen LogP contribution in [0.3, 0.4) is 0 Å². The Morgan fingerprint density at radius 1 is 1.55 bits per heavy atom. The Bertz CT molecular complexity index is 509. The minimum Gasteiger partial charge on any atom is -0.409 e. The Morgan fingerprint density at radius 2 is 2.25 bits per heavy atom. The fourth-order valence-corrected chi connectivity index (χ4v) is 3.05. The predicted octanol–water partition coefficient (Wildman–Crippen LogP) is 0.353.